The SMILES string of the molecule is OC(CN1CCN(CCCOc2ccccc2Cl)CC1)(Cn1cncn1)c1ccc(F)cc1F. The molecule has 3 aromatic rings. The summed E-state index contributed by atoms with van der Waals surface area (Å²) in [6.45, 7) is 4.73. The highest BCUT2D eigenvalue weighted by Gasteiger charge is 2.36. The number of hydrogen-bond donors (Lipinski definition) is 1. The topological polar surface area (TPSA) is 66.7 Å². The Bertz CT molecular complexity index is 1060. The zero-order valence-corrected chi connectivity index (χ0v) is 19.5. The second-order valence-electron chi connectivity index (χ2n) is 8.50. The van der Waals surface area contributed by atoms with E-state index in [2.05, 4.69) is 19.9 Å². The van der Waals surface area contributed by atoms with Gasteiger partial charge in [-0.25, -0.2) is 18.4 Å². The molecule has 1 fully saturated rings. The number of ether oxygens (including phenoxy) is 1. The maximum absolute atomic E-state index is 14.6. The van der Waals surface area contributed by atoms with E-state index in [9.17, 15) is 13.9 Å². The van der Waals surface area contributed by atoms with Crippen molar-refractivity contribution >= 4 is 11.6 Å². The fourth-order valence-corrected chi connectivity index (χ4v) is 4.43. The molecule has 2 aromatic carbocycles. The van der Waals surface area contributed by atoms with Crippen LogP contribution >= 0.6 is 11.6 Å². The molecule has 0 spiro atoms. The van der Waals surface area contributed by atoms with E-state index in [0.717, 1.165) is 38.2 Å². The summed E-state index contributed by atoms with van der Waals surface area (Å²) in [5, 5.41) is 16.2. The number of β-amino-alcohol motifs (C(OH)–C–C–N with tert-alkyl or cyclic N) is 1. The highest BCUT2D eigenvalue weighted by molar-refractivity contribution is 6.32. The first-order valence-corrected chi connectivity index (χ1v) is 11.6. The first kappa shape index (κ1) is 24.5. The van der Waals surface area contributed by atoms with Crippen molar-refractivity contribution in [1.29, 1.82) is 0 Å². The molecule has 1 aliphatic heterocycles. The number of aliphatic hydroxyl groups is 1. The average Bonchev–Trinajstić information content (AvgIpc) is 3.31. The van der Waals surface area contributed by atoms with Crippen molar-refractivity contribution in [3.05, 3.63) is 77.3 Å². The number of halogens is 3. The van der Waals surface area contributed by atoms with Crippen molar-refractivity contribution in [1.82, 2.24) is 24.6 Å². The van der Waals surface area contributed by atoms with E-state index >= 15 is 0 Å². The molecule has 0 aliphatic carbocycles. The van der Waals surface area contributed by atoms with Crippen LogP contribution in [0.15, 0.2) is 55.1 Å². The summed E-state index contributed by atoms with van der Waals surface area (Å²) < 4.78 is 35.3. The minimum Gasteiger partial charge on any atom is -0.492 e. The zero-order valence-electron chi connectivity index (χ0n) is 18.8. The summed E-state index contributed by atoms with van der Waals surface area (Å²) in [5.41, 5.74) is -1.54. The van der Waals surface area contributed by atoms with Crippen molar-refractivity contribution in [2.45, 2.75) is 18.6 Å². The monoisotopic (exact) mass is 491 g/mol. The second-order valence-corrected chi connectivity index (χ2v) is 8.91. The Balaban J connectivity index is 1.31. The molecule has 1 saturated heterocycles. The van der Waals surface area contributed by atoms with Gasteiger partial charge in [0.25, 0.3) is 0 Å². The Morgan fingerprint density at radius 3 is 2.50 bits per heavy atom. The number of para-hydroxylation sites is 1. The van der Waals surface area contributed by atoms with Crippen LogP contribution in [0.25, 0.3) is 0 Å². The van der Waals surface area contributed by atoms with Gasteiger partial charge >= 0.3 is 0 Å². The largest absolute Gasteiger partial charge is 0.492 e. The molecule has 1 unspecified atom stereocenters. The molecule has 1 aromatic heterocycles. The number of rotatable bonds is 10. The van der Waals surface area contributed by atoms with Gasteiger partial charge in [-0.2, -0.15) is 5.10 Å². The van der Waals surface area contributed by atoms with Crippen LogP contribution < -0.4 is 4.74 Å². The molecule has 34 heavy (non-hydrogen) atoms. The number of benzene rings is 2. The Morgan fingerprint density at radius 1 is 1.03 bits per heavy atom. The number of nitrogens with zero attached hydrogens (tertiary/aromatic N) is 5. The molecule has 182 valence electrons. The van der Waals surface area contributed by atoms with Crippen molar-refractivity contribution in [3.63, 3.8) is 0 Å². The third-order valence-electron chi connectivity index (χ3n) is 5.99. The molecule has 4 rings (SSSR count). The lowest BCUT2D eigenvalue weighted by atomic mass is 9.92. The van der Waals surface area contributed by atoms with Crippen molar-refractivity contribution in [2.24, 2.45) is 0 Å². The minimum absolute atomic E-state index is 0.00908. The summed E-state index contributed by atoms with van der Waals surface area (Å²) in [6.07, 6.45) is 3.69. The summed E-state index contributed by atoms with van der Waals surface area (Å²) >= 11 is 6.11. The normalized spacial score (nSPS) is 16.9. The molecular formula is C24H28ClF2N5O2. The van der Waals surface area contributed by atoms with Crippen LogP contribution in [-0.2, 0) is 12.1 Å². The van der Waals surface area contributed by atoms with Gasteiger partial charge in [-0.3, -0.25) is 4.90 Å². The lowest BCUT2D eigenvalue weighted by Gasteiger charge is -2.39. The van der Waals surface area contributed by atoms with Gasteiger partial charge in [0, 0.05) is 50.9 Å². The quantitative estimate of drug-likeness (QED) is 0.439. The molecule has 0 amide bonds. The van der Waals surface area contributed by atoms with E-state index in [1.165, 1.54) is 23.4 Å². The lowest BCUT2D eigenvalue weighted by Crippen LogP contribution is -2.52. The molecule has 0 bridgehead atoms. The van der Waals surface area contributed by atoms with Crippen LogP contribution in [-0.4, -0.2) is 75.5 Å². The van der Waals surface area contributed by atoms with Crippen molar-refractivity contribution in [3.8, 4) is 5.75 Å². The Labute approximate surface area is 202 Å². The van der Waals surface area contributed by atoms with Gasteiger partial charge in [0.1, 0.15) is 35.6 Å². The summed E-state index contributed by atoms with van der Waals surface area (Å²) in [7, 11) is 0. The van der Waals surface area contributed by atoms with E-state index < -0.39 is 17.2 Å². The lowest BCUT2D eigenvalue weighted by molar-refractivity contribution is -0.0320. The molecule has 0 radical (unpaired) electrons. The van der Waals surface area contributed by atoms with Crippen LogP contribution in [0.4, 0.5) is 8.78 Å². The van der Waals surface area contributed by atoms with Gasteiger partial charge in [-0.05, 0) is 24.6 Å². The van der Waals surface area contributed by atoms with E-state index in [4.69, 9.17) is 16.3 Å². The van der Waals surface area contributed by atoms with Crippen molar-refractivity contribution < 1.29 is 18.6 Å². The Morgan fingerprint density at radius 2 is 1.79 bits per heavy atom. The molecule has 0 saturated carbocycles. The van der Waals surface area contributed by atoms with E-state index in [1.54, 1.807) is 6.07 Å². The first-order valence-electron chi connectivity index (χ1n) is 11.3. The average molecular weight is 492 g/mol. The summed E-state index contributed by atoms with van der Waals surface area (Å²) in [4.78, 5) is 8.33. The standard InChI is InChI=1S/C24H28ClF2N5O2/c25-21-4-1-2-5-23(21)34-13-3-8-30-9-11-31(12-10-30)15-24(33,16-32-18-28-17-29-32)20-7-6-19(26)14-22(20)27/h1-2,4-7,14,17-18,33H,3,8-13,15-16H2. The number of hydrogen-bond acceptors (Lipinski definition) is 6. The maximum atomic E-state index is 14.6. The Kier molecular flexibility index (Phi) is 8.10. The highest BCUT2D eigenvalue weighted by atomic mass is 35.5. The van der Waals surface area contributed by atoms with Gasteiger partial charge in [0.2, 0.25) is 0 Å². The molecule has 1 aliphatic rings. The predicted molar refractivity (Wildman–Crippen MR) is 125 cm³/mol. The van der Waals surface area contributed by atoms with Crippen LogP contribution in [0.1, 0.15) is 12.0 Å². The van der Waals surface area contributed by atoms with Gasteiger partial charge in [0.05, 0.1) is 18.2 Å². The first-order chi connectivity index (χ1) is 16.4. The van der Waals surface area contributed by atoms with Crippen LogP contribution in [0.3, 0.4) is 0 Å². The molecule has 10 heteroatoms. The summed E-state index contributed by atoms with van der Waals surface area (Å²) in [5.74, 6) is -0.773. The van der Waals surface area contributed by atoms with Gasteiger partial charge in [0.15, 0.2) is 0 Å². The highest BCUT2D eigenvalue weighted by Crippen LogP contribution is 2.28. The molecule has 7 nitrogen and oxygen atoms in total. The number of aromatic nitrogens is 3. The third kappa shape index (κ3) is 6.29. The minimum atomic E-state index is -1.59. The van der Waals surface area contributed by atoms with E-state index in [-0.39, 0.29) is 18.7 Å². The smallest absolute Gasteiger partial charge is 0.137 e. The van der Waals surface area contributed by atoms with Crippen molar-refractivity contribution in [2.75, 3.05) is 45.9 Å². The van der Waals surface area contributed by atoms with Gasteiger partial charge in [-0.15, -0.1) is 0 Å². The molecule has 1 atom stereocenters. The van der Waals surface area contributed by atoms with Gasteiger partial charge < -0.3 is 14.7 Å². The van der Waals surface area contributed by atoms with Crippen LogP contribution in [0.2, 0.25) is 5.02 Å². The van der Waals surface area contributed by atoms with E-state index in [1.807, 2.05) is 18.2 Å². The summed E-state index contributed by atoms with van der Waals surface area (Å²) in [6, 6.07) is 10.7. The molecular weight excluding hydrogens is 464 g/mol. The zero-order chi connectivity index (χ0) is 24.0. The van der Waals surface area contributed by atoms with E-state index in [0.29, 0.717) is 30.5 Å². The molecule has 1 N–H and O–H groups in total. The third-order valence-corrected chi connectivity index (χ3v) is 6.30. The van der Waals surface area contributed by atoms with Crippen LogP contribution in [0, 0.1) is 11.6 Å². The second kappa shape index (κ2) is 11.2. The fourth-order valence-electron chi connectivity index (χ4n) is 4.24. The Hall–Kier alpha value is -2.59. The van der Waals surface area contributed by atoms with Gasteiger partial charge in [-0.1, -0.05) is 29.8 Å². The maximum Gasteiger partial charge on any atom is 0.137 e. The molecule has 2 heterocycles. The fraction of sp³-hybridized carbons (Fsp3) is 0.417. The predicted octanol–water partition coefficient (Wildman–Crippen LogP) is 3.18. The number of piperazine rings is 1. The van der Waals surface area contributed by atoms with Crippen LogP contribution in [0.5, 0.6) is 5.75 Å².